The van der Waals surface area contributed by atoms with Crippen LogP contribution in [0.4, 0.5) is 0 Å². The third-order valence-corrected chi connectivity index (χ3v) is 1.37. The van der Waals surface area contributed by atoms with Crippen LogP contribution in [0.15, 0.2) is 12.4 Å². The topological polar surface area (TPSA) is 83.8 Å². The van der Waals surface area contributed by atoms with Crippen molar-refractivity contribution in [1.82, 2.24) is 15.4 Å². The number of aromatic amines is 1. The number of nitrogens with one attached hydrogen (secondary N) is 2. The lowest BCUT2D eigenvalue weighted by molar-refractivity contribution is 0.0947. The summed E-state index contributed by atoms with van der Waals surface area (Å²) < 4.78 is 0.274. The van der Waals surface area contributed by atoms with Gasteiger partial charge in [-0.1, -0.05) is 12.2 Å². The van der Waals surface area contributed by atoms with Gasteiger partial charge < -0.3 is 4.98 Å². The normalized spacial score (nSPS) is 9.18. The van der Waals surface area contributed by atoms with Gasteiger partial charge in [0.1, 0.15) is 4.64 Å². The number of nitrogens with two attached hydrogens (primary N) is 1. The molecular formula is C5H6N4OS. The number of nitrogens with zero attached hydrogens (tertiary/aromatic N) is 1. The third-order valence-electron chi connectivity index (χ3n) is 1.05. The molecule has 0 saturated heterocycles. The molecule has 1 aromatic rings. The Morgan fingerprint density at radius 1 is 1.82 bits per heavy atom. The van der Waals surface area contributed by atoms with Gasteiger partial charge in [0.15, 0.2) is 5.69 Å². The third kappa shape index (κ3) is 1.60. The zero-order chi connectivity index (χ0) is 8.27. The molecule has 0 atom stereocenters. The van der Waals surface area contributed by atoms with Crippen molar-refractivity contribution >= 4 is 18.1 Å². The van der Waals surface area contributed by atoms with E-state index in [1.165, 1.54) is 12.4 Å². The van der Waals surface area contributed by atoms with E-state index in [4.69, 9.17) is 18.1 Å². The van der Waals surface area contributed by atoms with Gasteiger partial charge in [-0.25, -0.2) is 10.8 Å². The minimum Gasteiger partial charge on any atom is -0.349 e. The fourth-order valence-corrected chi connectivity index (χ4v) is 0.795. The van der Waals surface area contributed by atoms with Gasteiger partial charge in [0.05, 0.1) is 0 Å². The van der Waals surface area contributed by atoms with Crippen molar-refractivity contribution in [3.63, 3.8) is 0 Å². The molecule has 0 unspecified atom stereocenters. The maximum atomic E-state index is 10.8. The average molecular weight is 170 g/mol. The van der Waals surface area contributed by atoms with Gasteiger partial charge in [0, 0.05) is 12.4 Å². The lowest BCUT2D eigenvalue weighted by Gasteiger charge is -1.96. The molecule has 0 aliphatic rings. The quantitative estimate of drug-likeness (QED) is 0.235. The van der Waals surface area contributed by atoms with Crippen LogP contribution in [0.3, 0.4) is 0 Å². The molecule has 1 amide bonds. The summed E-state index contributed by atoms with van der Waals surface area (Å²) in [6.07, 6.45) is 2.97. The zero-order valence-electron chi connectivity index (χ0n) is 5.50. The predicted molar refractivity (Wildman–Crippen MR) is 41.1 cm³/mol. The molecular weight excluding hydrogens is 164 g/mol. The molecule has 5 nitrogen and oxygen atoms in total. The summed E-state index contributed by atoms with van der Waals surface area (Å²) in [4.78, 5) is 17.2. The number of amides is 1. The molecule has 4 N–H and O–H groups in total. The van der Waals surface area contributed by atoms with E-state index in [1.807, 2.05) is 5.43 Å². The first-order valence-electron chi connectivity index (χ1n) is 2.80. The highest BCUT2D eigenvalue weighted by atomic mass is 32.1. The van der Waals surface area contributed by atoms with Gasteiger partial charge >= 0.3 is 0 Å². The van der Waals surface area contributed by atoms with Crippen LogP contribution >= 0.6 is 12.2 Å². The van der Waals surface area contributed by atoms with Crippen molar-refractivity contribution in [3.05, 3.63) is 22.7 Å². The lowest BCUT2D eigenvalue weighted by atomic mass is 10.4. The molecule has 58 valence electrons. The van der Waals surface area contributed by atoms with E-state index in [0.717, 1.165) is 0 Å². The molecule has 0 saturated carbocycles. The van der Waals surface area contributed by atoms with E-state index >= 15 is 0 Å². The molecule has 0 aliphatic carbocycles. The second-order valence-electron chi connectivity index (χ2n) is 1.74. The van der Waals surface area contributed by atoms with Crippen LogP contribution in [-0.4, -0.2) is 15.9 Å². The van der Waals surface area contributed by atoms with Gasteiger partial charge in [-0.05, 0) is 0 Å². The highest BCUT2D eigenvalue weighted by molar-refractivity contribution is 7.71. The molecule has 0 bridgehead atoms. The molecule has 6 heteroatoms. The SMILES string of the molecule is NNC(=O)c1ncc[nH]c1=S. The Morgan fingerprint density at radius 2 is 2.55 bits per heavy atom. The van der Waals surface area contributed by atoms with Gasteiger partial charge in [-0.3, -0.25) is 10.2 Å². The van der Waals surface area contributed by atoms with Crippen molar-refractivity contribution in [1.29, 1.82) is 0 Å². The maximum Gasteiger partial charge on any atom is 0.286 e. The molecule has 1 heterocycles. The van der Waals surface area contributed by atoms with E-state index in [1.54, 1.807) is 0 Å². The minimum absolute atomic E-state index is 0.130. The highest BCUT2D eigenvalue weighted by Crippen LogP contribution is 1.92. The van der Waals surface area contributed by atoms with Gasteiger partial charge in [-0.2, -0.15) is 0 Å². The second-order valence-corrected chi connectivity index (χ2v) is 2.15. The van der Waals surface area contributed by atoms with Crippen molar-refractivity contribution in [2.75, 3.05) is 0 Å². The summed E-state index contributed by atoms with van der Waals surface area (Å²) in [7, 11) is 0. The van der Waals surface area contributed by atoms with Gasteiger partial charge in [0.2, 0.25) is 0 Å². The van der Waals surface area contributed by atoms with E-state index in [0.29, 0.717) is 0 Å². The van der Waals surface area contributed by atoms with Gasteiger partial charge in [-0.15, -0.1) is 0 Å². The number of carbonyl (C=O) groups excluding carboxylic acids is 1. The number of nitrogen functional groups attached to an aromatic ring is 1. The number of aromatic nitrogens is 2. The summed E-state index contributed by atoms with van der Waals surface area (Å²) in [5.41, 5.74) is 2.06. The van der Waals surface area contributed by atoms with Crippen LogP contribution in [0.5, 0.6) is 0 Å². The number of hydrogen-bond acceptors (Lipinski definition) is 4. The van der Waals surface area contributed by atoms with Crippen molar-refractivity contribution in [2.24, 2.45) is 5.84 Å². The van der Waals surface area contributed by atoms with Crippen LogP contribution in [-0.2, 0) is 0 Å². The number of hydrogen-bond donors (Lipinski definition) is 3. The molecule has 0 fully saturated rings. The fourth-order valence-electron chi connectivity index (χ4n) is 0.582. The molecule has 0 radical (unpaired) electrons. The molecule has 1 rings (SSSR count). The van der Waals surface area contributed by atoms with E-state index in [9.17, 15) is 4.79 Å². The van der Waals surface area contributed by atoms with Crippen molar-refractivity contribution in [2.45, 2.75) is 0 Å². The lowest BCUT2D eigenvalue weighted by Crippen LogP contribution is -2.31. The average Bonchev–Trinajstić information content (AvgIpc) is 2.04. The van der Waals surface area contributed by atoms with Crippen LogP contribution in [0.1, 0.15) is 10.5 Å². The molecule has 1 aromatic heterocycles. The molecule has 0 aromatic carbocycles. The van der Waals surface area contributed by atoms with Gasteiger partial charge in [0.25, 0.3) is 5.91 Å². The highest BCUT2D eigenvalue weighted by Gasteiger charge is 2.05. The summed E-state index contributed by atoms with van der Waals surface area (Å²) in [6.45, 7) is 0. The Kier molecular flexibility index (Phi) is 2.29. The number of rotatable bonds is 1. The summed E-state index contributed by atoms with van der Waals surface area (Å²) in [5.74, 6) is 4.38. The first-order chi connectivity index (χ1) is 5.25. The zero-order valence-corrected chi connectivity index (χ0v) is 6.31. The van der Waals surface area contributed by atoms with Crippen LogP contribution in [0.25, 0.3) is 0 Å². The standard InChI is InChI=1S/C5H6N4OS/c6-9-4(10)3-5(11)8-2-1-7-3/h1-2H,6H2,(H,8,11)(H,9,10). The molecule has 0 spiro atoms. The van der Waals surface area contributed by atoms with E-state index < -0.39 is 5.91 Å². The summed E-state index contributed by atoms with van der Waals surface area (Å²) >= 11 is 4.76. The summed E-state index contributed by atoms with van der Waals surface area (Å²) in [6, 6.07) is 0. The number of hydrazine groups is 1. The number of carbonyl (C=O) groups is 1. The Bertz CT molecular complexity index is 320. The van der Waals surface area contributed by atoms with E-state index in [-0.39, 0.29) is 10.3 Å². The summed E-state index contributed by atoms with van der Waals surface area (Å²) in [5, 5.41) is 0. The Morgan fingerprint density at radius 3 is 3.09 bits per heavy atom. The maximum absolute atomic E-state index is 10.8. The minimum atomic E-state index is -0.494. The smallest absolute Gasteiger partial charge is 0.286 e. The van der Waals surface area contributed by atoms with Crippen LogP contribution in [0.2, 0.25) is 0 Å². The molecule has 0 aliphatic heterocycles. The monoisotopic (exact) mass is 170 g/mol. The second kappa shape index (κ2) is 3.22. The Hall–Kier alpha value is -1.27. The van der Waals surface area contributed by atoms with Crippen LogP contribution < -0.4 is 11.3 Å². The van der Waals surface area contributed by atoms with Crippen molar-refractivity contribution < 1.29 is 4.79 Å². The number of H-pyrrole nitrogens is 1. The Balaban J connectivity index is 3.14. The predicted octanol–water partition coefficient (Wildman–Crippen LogP) is -0.257. The largest absolute Gasteiger partial charge is 0.349 e. The van der Waals surface area contributed by atoms with Crippen molar-refractivity contribution in [3.8, 4) is 0 Å². The first kappa shape index (κ1) is 7.83. The first-order valence-corrected chi connectivity index (χ1v) is 3.21. The Labute approximate surface area is 67.6 Å². The molecule has 11 heavy (non-hydrogen) atoms. The van der Waals surface area contributed by atoms with E-state index in [2.05, 4.69) is 9.97 Å². The van der Waals surface area contributed by atoms with Crippen LogP contribution in [0, 0.1) is 4.64 Å². The fraction of sp³-hybridized carbons (Fsp3) is 0.